The normalized spacial score (nSPS) is 13.2. The molecule has 9 aromatic rings. The van der Waals surface area contributed by atoms with Crippen molar-refractivity contribution in [3.8, 4) is 28.4 Å². The van der Waals surface area contributed by atoms with Gasteiger partial charge in [0.1, 0.15) is 24.0 Å². The van der Waals surface area contributed by atoms with Gasteiger partial charge in [-0.25, -0.2) is 4.98 Å². The first-order valence-corrected chi connectivity index (χ1v) is 22.5. The minimum atomic E-state index is -0.212. The Hall–Kier alpha value is -7.11. The van der Waals surface area contributed by atoms with Crippen molar-refractivity contribution in [2.45, 2.75) is 71.6 Å². The number of anilines is 4. The smallest absolute Gasteiger partial charge is 0.137 e. The van der Waals surface area contributed by atoms with E-state index in [1.807, 2.05) is 6.20 Å². The summed E-state index contributed by atoms with van der Waals surface area (Å²) in [4.78, 5) is 9.88. The number of hydrogen-bond acceptors (Lipinski definition) is 4. The zero-order chi connectivity index (χ0) is 44.4. The van der Waals surface area contributed by atoms with E-state index in [9.17, 15) is 0 Å². The van der Waals surface area contributed by atoms with E-state index in [2.05, 4.69) is 246 Å². The van der Waals surface area contributed by atoms with Crippen LogP contribution in [0, 0.1) is 0 Å². The highest BCUT2D eigenvalue weighted by Gasteiger charge is 2.31. The van der Waals surface area contributed by atoms with Crippen LogP contribution < -0.4 is 14.5 Å². The number of hydrogen-bond donors (Lipinski definition) is 0. The lowest BCUT2D eigenvalue weighted by molar-refractivity contribution is 0.479. The van der Waals surface area contributed by atoms with Crippen LogP contribution in [0.25, 0.3) is 38.8 Å². The lowest BCUT2D eigenvalue weighted by atomic mass is 9.78. The van der Waals surface area contributed by atoms with Crippen LogP contribution in [-0.2, 0) is 16.2 Å². The van der Waals surface area contributed by atoms with Gasteiger partial charge in [-0.1, -0.05) is 152 Å². The van der Waals surface area contributed by atoms with E-state index in [1.165, 1.54) is 50.1 Å². The van der Waals surface area contributed by atoms with Crippen molar-refractivity contribution in [2.75, 3.05) is 16.5 Å². The molecule has 0 saturated heterocycles. The van der Waals surface area contributed by atoms with Gasteiger partial charge < -0.3 is 14.5 Å². The van der Waals surface area contributed by atoms with Crippen molar-refractivity contribution in [3.05, 3.63) is 204 Å². The zero-order valence-electron chi connectivity index (χ0n) is 38.2. The average molecular weight is 837 g/mol. The molecule has 10 rings (SSSR count). The fourth-order valence-corrected chi connectivity index (χ4v) is 9.23. The van der Waals surface area contributed by atoms with Crippen molar-refractivity contribution in [1.82, 2.24) is 9.55 Å². The maximum Gasteiger partial charge on any atom is 0.137 e. The molecule has 2 aromatic heterocycles. The molecule has 0 spiro atoms. The average Bonchev–Trinajstić information content (AvgIpc) is 3.85. The van der Waals surface area contributed by atoms with Crippen LogP contribution in [0.4, 0.5) is 22.7 Å². The Morgan fingerprint density at radius 3 is 1.72 bits per heavy atom. The molecule has 0 amide bonds. The second kappa shape index (κ2) is 15.6. The molecule has 0 aliphatic carbocycles. The van der Waals surface area contributed by atoms with Crippen LogP contribution in [0.15, 0.2) is 182 Å². The lowest BCUT2D eigenvalue weighted by Gasteiger charge is -2.27. The monoisotopic (exact) mass is 836 g/mol. The quantitative estimate of drug-likeness (QED) is 0.153. The first-order chi connectivity index (χ1) is 30.7. The van der Waals surface area contributed by atoms with Gasteiger partial charge >= 0.3 is 0 Å². The van der Waals surface area contributed by atoms with Gasteiger partial charge in [0.2, 0.25) is 0 Å². The fourth-order valence-electron chi connectivity index (χ4n) is 9.23. The number of ether oxygens (including phenoxy) is 1. The van der Waals surface area contributed by atoms with Crippen LogP contribution in [-0.4, -0.2) is 16.2 Å². The van der Waals surface area contributed by atoms with E-state index >= 15 is 0 Å². The number of aromatic nitrogens is 2. The van der Waals surface area contributed by atoms with Crippen molar-refractivity contribution < 1.29 is 4.74 Å². The van der Waals surface area contributed by atoms with Crippen LogP contribution in [0.5, 0.6) is 11.5 Å². The Morgan fingerprint density at radius 2 is 1.03 bits per heavy atom. The second-order valence-corrected chi connectivity index (χ2v) is 19.9. The van der Waals surface area contributed by atoms with Crippen molar-refractivity contribution in [2.24, 2.45) is 0 Å². The molecule has 3 heterocycles. The van der Waals surface area contributed by atoms with Crippen LogP contribution in [0.1, 0.15) is 77.6 Å². The molecule has 0 radical (unpaired) electrons. The van der Waals surface area contributed by atoms with E-state index in [4.69, 9.17) is 9.72 Å². The van der Waals surface area contributed by atoms with E-state index in [1.54, 1.807) is 0 Å². The predicted molar refractivity (Wildman–Crippen MR) is 269 cm³/mol. The third-order valence-corrected chi connectivity index (χ3v) is 13.1. The minimum absolute atomic E-state index is 0.0248. The molecule has 5 heteroatoms. The maximum atomic E-state index is 6.99. The summed E-state index contributed by atoms with van der Waals surface area (Å²) in [5.74, 6) is 2.44. The summed E-state index contributed by atoms with van der Waals surface area (Å²) in [6.07, 6.45) is 1.94. The molecule has 0 atom stereocenters. The van der Waals surface area contributed by atoms with E-state index in [0.717, 1.165) is 45.1 Å². The molecular formula is C59H56N4O. The number of fused-ring (bicyclic) bond motifs is 4. The Labute approximate surface area is 378 Å². The number of rotatable bonds is 8. The molecule has 0 bridgehead atoms. The van der Waals surface area contributed by atoms with Crippen LogP contribution in [0.2, 0.25) is 0 Å². The predicted octanol–water partition coefficient (Wildman–Crippen LogP) is 15.8. The Balaban J connectivity index is 1.05. The SMILES string of the molecule is CC(C)(C)c1cc(Oc2ccc3c4ccccc4n(-c4cc(C(C)(C)c5ccccc5)ccn4)c3c2)cc(N2CN(c3cc(-c4ccccc4)cc(C(C)(C)C)c3)c3ccccc32)c1. The summed E-state index contributed by atoms with van der Waals surface area (Å²) < 4.78 is 9.27. The molecule has 0 fully saturated rings. The number of pyridine rings is 1. The Morgan fingerprint density at radius 1 is 0.438 bits per heavy atom. The molecule has 0 saturated carbocycles. The van der Waals surface area contributed by atoms with Gasteiger partial charge in [-0.15, -0.1) is 0 Å². The van der Waals surface area contributed by atoms with Crippen LogP contribution in [0.3, 0.4) is 0 Å². The van der Waals surface area contributed by atoms with Gasteiger partial charge in [-0.3, -0.25) is 4.57 Å². The van der Waals surface area contributed by atoms with Gasteiger partial charge in [0.15, 0.2) is 0 Å². The topological polar surface area (TPSA) is 33.5 Å². The molecule has 1 aliphatic rings. The summed E-state index contributed by atoms with van der Waals surface area (Å²) in [5, 5.41) is 2.33. The van der Waals surface area contributed by atoms with Crippen molar-refractivity contribution in [1.29, 1.82) is 0 Å². The molecule has 318 valence electrons. The summed E-state index contributed by atoms with van der Waals surface area (Å²) >= 11 is 0. The molecule has 5 nitrogen and oxygen atoms in total. The first kappa shape index (κ1) is 40.9. The highest BCUT2D eigenvalue weighted by molar-refractivity contribution is 6.09. The van der Waals surface area contributed by atoms with Crippen LogP contribution >= 0.6 is 0 Å². The number of benzene rings is 7. The molecule has 0 N–H and O–H groups in total. The summed E-state index contributed by atoms with van der Waals surface area (Å²) in [6.45, 7) is 18.9. The summed E-state index contributed by atoms with van der Waals surface area (Å²) in [5.41, 5.74) is 13.8. The molecule has 1 aliphatic heterocycles. The fraction of sp³-hybridized carbons (Fsp3) is 0.203. The highest BCUT2D eigenvalue weighted by atomic mass is 16.5. The van der Waals surface area contributed by atoms with E-state index < -0.39 is 0 Å². The summed E-state index contributed by atoms with van der Waals surface area (Å²) in [7, 11) is 0. The zero-order valence-corrected chi connectivity index (χ0v) is 38.2. The number of para-hydroxylation sites is 3. The van der Waals surface area contributed by atoms with Crippen molar-refractivity contribution in [3.63, 3.8) is 0 Å². The maximum absolute atomic E-state index is 6.99. The second-order valence-electron chi connectivity index (χ2n) is 19.9. The van der Waals surface area contributed by atoms with Crippen molar-refractivity contribution >= 4 is 44.6 Å². The van der Waals surface area contributed by atoms with Gasteiger partial charge in [-0.2, -0.15) is 0 Å². The van der Waals surface area contributed by atoms with E-state index in [0.29, 0.717) is 6.67 Å². The standard InChI is InChI=1S/C59H56N4O/c1-57(2,3)44-31-41(40-19-11-9-12-20-40)32-46(33-44)61-39-62(54-26-18-17-25-53(54)61)47-34-45(58(4,5)6)35-49(37-47)64-48-27-28-51-50-23-15-16-24-52(50)63(55(51)38-48)56-36-43(29-30-60-56)59(7,8)42-21-13-10-14-22-42/h9-38H,39H2,1-8H3. The molecular weight excluding hydrogens is 781 g/mol. The highest BCUT2D eigenvalue weighted by Crippen LogP contribution is 2.48. The lowest BCUT2D eigenvalue weighted by Crippen LogP contribution is -2.25. The number of nitrogens with zero attached hydrogens (tertiary/aromatic N) is 4. The van der Waals surface area contributed by atoms with Gasteiger partial charge in [0.25, 0.3) is 0 Å². The molecule has 64 heavy (non-hydrogen) atoms. The van der Waals surface area contributed by atoms with E-state index in [-0.39, 0.29) is 16.2 Å². The molecule has 7 aromatic carbocycles. The largest absolute Gasteiger partial charge is 0.457 e. The third kappa shape index (κ3) is 7.49. The van der Waals surface area contributed by atoms with Gasteiger partial charge in [0.05, 0.1) is 22.4 Å². The Bertz CT molecular complexity index is 3170. The van der Waals surface area contributed by atoms with Gasteiger partial charge in [0, 0.05) is 45.9 Å². The molecule has 0 unspecified atom stereocenters. The van der Waals surface area contributed by atoms with Gasteiger partial charge in [-0.05, 0) is 111 Å². The first-order valence-electron chi connectivity index (χ1n) is 22.5. The Kier molecular flexibility index (Phi) is 9.98. The minimum Gasteiger partial charge on any atom is -0.457 e. The third-order valence-electron chi connectivity index (χ3n) is 13.1. The summed E-state index contributed by atoms with van der Waals surface area (Å²) in [6, 6.07) is 63.5.